The predicted octanol–water partition coefficient (Wildman–Crippen LogP) is 4.85. The summed E-state index contributed by atoms with van der Waals surface area (Å²) in [5.41, 5.74) is 9.08. The summed E-state index contributed by atoms with van der Waals surface area (Å²) < 4.78 is 2.24. The lowest BCUT2D eigenvalue weighted by Gasteiger charge is -2.11. The third-order valence-electron chi connectivity index (χ3n) is 5.34. The molecule has 4 aromatic rings. The highest BCUT2D eigenvalue weighted by molar-refractivity contribution is 6.04. The van der Waals surface area contributed by atoms with Crippen LogP contribution in [-0.2, 0) is 6.54 Å². The number of aromatic nitrogens is 4. The maximum absolute atomic E-state index is 4.75. The Morgan fingerprint density at radius 1 is 1.10 bits per heavy atom. The van der Waals surface area contributed by atoms with E-state index >= 15 is 0 Å². The lowest BCUT2D eigenvalue weighted by atomic mass is 10.1. The molecule has 7 nitrogen and oxygen atoms in total. The average Bonchev–Trinajstić information content (AvgIpc) is 3.04. The van der Waals surface area contributed by atoms with Crippen LogP contribution >= 0.6 is 0 Å². The van der Waals surface area contributed by atoms with E-state index in [1.807, 2.05) is 26.2 Å². The fraction of sp³-hybridized carbons (Fsp3) is 0.333. The Kier molecular flexibility index (Phi) is 5.84. The minimum atomic E-state index is 0.388. The Morgan fingerprint density at radius 3 is 2.58 bits per heavy atom. The van der Waals surface area contributed by atoms with Gasteiger partial charge >= 0.3 is 0 Å². The Hall–Kier alpha value is -3.48. The van der Waals surface area contributed by atoms with Crippen molar-refractivity contribution >= 4 is 39.9 Å². The molecule has 0 atom stereocenters. The van der Waals surface area contributed by atoms with E-state index in [2.05, 4.69) is 81.3 Å². The highest BCUT2D eigenvalue weighted by atomic mass is 15.4. The van der Waals surface area contributed by atoms with Gasteiger partial charge in [0.25, 0.3) is 5.95 Å². The van der Waals surface area contributed by atoms with Crippen molar-refractivity contribution in [2.75, 3.05) is 24.4 Å². The van der Waals surface area contributed by atoms with Crippen LogP contribution < -0.4 is 10.3 Å². The number of fused-ring (bicyclic) bond motifs is 3. The first-order valence-corrected chi connectivity index (χ1v) is 10.6. The van der Waals surface area contributed by atoms with E-state index in [4.69, 9.17) is 4.98 Å². The van der Waals surface area contributed by atoms with Gasteiger partial charge in [-0.25, -0.2) is 5.43 Å². The lowest BCUT2D eigenvalue weighted by Crippen LogP contribution is -2.08. The Morgan fingerprint density at radius 2 is 1.87 bits per heavy atom. The fourth-order valence-corrected chi connectivity index (χ4v) is 3.55. The summed E-state index contributed by atoms with van der Waals surface area (Å²) in [6, 6.07) is 14.6. The molecule has 0 saturated heterocycles. The number of nitrogens with zero attached hydrogens (tertiary/aromatic N) is 6. The third kappa shape index (κ3) is 4.50. The van der Waals surface area contributed by atoms with E-state index < -0.39 is 0 Å². The van der Waals surface area contributed by atoms with E-state index in [1.165, 1.54) is 5.56 Å². The van der Waals surface area contributed by atoms with Gasteiger partial charge < -0.3 is 9.47 Å². The summed E-state index contributed by atoms with van der Waals surface area (Å²) in [6.07, 6.45) is 2.82. The molecule has 31 heavy (non-hydrogen) atoms. The highest BCUT2D eigenvalue weighted by Gasteiger charge is 2.15. The molecule has 0 fully saturated rings. The van der Waals surface area contributed by atoms with Gasteiger partial charge in [-0.05, 0) is 49.1 Å². The normalized spacial score (nSPS) is 11.8. The Balaban J connectivity index is 1.63. The van der Waals surface area contributed by atoms with Gasteiger partial charge in [0.1, 0.15) is 5.52 Å². The summed E-state index contributed by atoms with van der Waals surface area (Å²) in [4.78, 5) is 6.81. The molecule has 0 saturated carbocycles. The first kappa shape index (κ1) is 20.8. The first-order chi connectivity index (χ1) is 14.9. The van der Waals surface area contributed by atoms with E-state index in [1.54, 1.807) is 6.21 Å². The predicted molar refractivity (Wildman–Crippen MR) is 129 cm³/mol. The molecule has 1 N–H and O–H groups in total. The molecular formula is C24H29N7. The largest absolute Gasteiger partial charge is 0.378 e. The van der Waals surface area contributed by atoms with Gasteiger partial charge in [-0.3, -0.25) is 0 Å². The molecule has 0 bridgehead atoms. The lowest BCUT2D eigenvalue weighted by molar-refractivity contribution is 0.529. The second kappa shape index (κ2) is 8.71. The molecule has 4 rings (SSSR count). The minimum absolute atomic E-state index is 0.388. The molecule has 0 spiro atoms. The van der Waals surface area contributed by atoms with Crippen LogP contribution in [0.5, 0.6) is 0 Å². The van der Waals surface area contributed by atoms with Crippen molar-refractivity contribution in [1.29, 1.82) is 0 Å². The van der Waals surface area contributed by atoms with Crippen molar-refractivity contribution in [3.05, 3.63) is 53.6 Å². The van der Waals surface area contributed by atoms with Crippen LogP contribution in [0.2, 0.25) is 0 Å². The minimum Gasteiger partial charge on any atom is -0.378 e. The molecule has 0 aliphatic rings. The first-order valence-electron chi connectivity index (χ1n) is 10.6. The number of aryl methyl sites for hydroxylation is 2. The summed E-state index contributed by atoms with van der Waals surface area (Å²) in [5, 5.41) is 14.1. The molecule has 2 aromatic heterocycles. The number of nitrogens with one attached hydrogen (secondary N) is 1. The van der Waals surface area contributed by atoms with Gasteiger partial charge in [0.15, 0.2) is 5.65 Å². The van der Waals surface area contributed by atoms with Crippen molar-refractivity contribution in [3.63, 3.8) is 0 Å². The van der Waals surface area contributed by atoms with Crippen LogP contribution in [0, 0.1) is 12.8 Å². The standard InChI is InChI=1S/C24H29N7/c1-16(2)12-13-31-21-11-6-17(3)14-20(21)22-23(31)26-24(29-27-22)28-25-15-18-7-9-19(10-8-18)30(4)5/h6-11,14-16H,12-13H2,1-5H3,(H,26,28,29)/b25-15+. The Labute approximate surface area is 182 Å². The van der Waals surface area contributed by atoms with Gasteiger partial charge in [-0.15, -0.1) is 10.2 Å². The smallest absolute Gasteiger partial charge is 0.265 e. The SMILES string of the molecule is Cc1ccc2c(c1)c1nnc(N/N=C/c3ccc(N(C)C)cc3)nc1n2CCC(C)C. The van der Waals surface area contributed by atoms with Gasteiger partial charge in [0.05, 0.1) is 11.7 Å². The topological polar surface area (TPSA) is 71.2 Å². The summed E-state index contributed by atoms with van der Waals surface area (Å²) in [5.74, 6) is 0.993. The summed E-state index contributed by atoms with van der Waals surface area (Å²) in [6.45, 7) is 7.45. The maximum atomic E-state index is 4.75. The van der Waals surface area contributed by atoms with Crippen molar-refractivity contribution in [3.8, 4) is 0 Å². The highest BCUT2D eigenvalue weighted by Crippen LogP contribution is 2.28. The molecule has 2 heterocycles. The van der Waals surface area contributed by atoms with Crippen LogP contribution in [0.3, 0.4) is 0 Å². The average molecular weight is 416 g/mol. The zero-order valence-electron chi connectivity index (χ0n) is 18.8. The maximum Gasteiger partial charge on any atom is 0.265 e. The molecular weight excluding hydrogens is 386 g/mol. The van der Waals surface area contributed by atoms with Crippen molar-refractivity contribution in [1.82, 2.24) is 19.7 Å². The van der Waals surface area contributed by atoms with Crippen molar-refractivity contribution in [2.45, 2.75) is 33.7 Å². The molecule has 0 aliphatic carbocycles. The number of hydrogen-bond acceptors (Lipinski definition) is 6. The molecule has 0 unspecified atom stereocenters. The van der Waals surface area contributed by atoms with E-state index in [0.717, 1.165) is 46.3 Å². The zero-order chi connectivity index (χ0) is 22.0. The van der Waals surface area contributed by atoms with Gasteiger partial charge in [-0.1, -0.05) is 37.6 Å². The summed E-state index contributed by atoms with van der Waals surface area (Å²) in [7, 11) is 4.04. The fourth-order valence-electron chi connectivity index (χ4n) is 3.55. The molecule has 160 valence electrons. The van der Waals surface area contributed by atoms with Crippen LogP contribution in [0.1, 0.15) is 31.4 Å². The Bertz CT molecular complexity index is 1220. The monoisotopic (exact) mass is 415 g/mol. The second-order valence-corrected chi connectivity index (χ2v) is 8.52. The van der Waals surface area contributed by atoms with Crippen molar-refractivity contribution < 1.29 is 0 Å². The molecule has 0 radical (unpaired) electrons. The number of hydrogen-bond donors (Lipinski definition) is 1. The number of hydrazone groups is 1. The van der Waals surface area contributed by atoms with Crippen molar-refractivity contribution in [2.24, 2.45) is 11.0 Å². The molecule has 7 heteroatoms. The zero-order valence-corrected chi connectivity index (χ0v) is 18.8. The van der Waals surface area contributed by atoms with Crippen LogP contribution in [0.4, 0.5) is 11.6 Å². The van der Waals surface area contributed by atoms with E-state index in [0.29, 0.717) is 11.9 Å². The van der Waals surface area contributed by atoms with Gasteiger partial charge in [0, 0.05) is 31.7 Å². The van der Waals surface area contributed by atoms with Gasteiger partial charge in [-0.2, -0.15) is 10.1 Å². The molecule has 0 aliphatic heterocycles. The van der Waals surface area contributed by atoms with Crippen LogP contribution in [0.15, 0.2) is 47.6 Å². The van der Waals surface area contributed by atoms with Crippen LogP contribution in [-0.4, -0.2) is 40.1 Å². The molecule has 2 aromatic carbocycles. The van der Waals surface area contributed by atoms with Crippen LogP contribution in [0.25, 0.3) is 22.1 Å². The second-order valence-electron chi connectivity index (χ2n) is 8.52. The van der Waals surface area contributed by atoms with E-state index in [9.17, 15) is 0 Å². The summed E-state index contributed by atoms with van der Waals surface area (Å²) >= 11 is 0. The number of anilines is 2. The number of benzene rings is 2. The quantitative estimate of drug-likeness (QED) is 0.345. The molecule has 0 amide bonds. The number of rotatable bonds is 7. The third-order valence-corrected chi connectivity index (χ3v) is 5.34. The van der Waals surface area contributed by atoms with Gasteiger partial charge in [0.2, 0.25) is 0 Å². The van der Waals surface area contributed by atoms with E-state index in [-0.39, 0.29) is 0 Å².